The van der Waals surface area contributed by atoms with Crippen molar-refractivity contribution in [3.05, 3.63) is 71.2 Å². The summed E-state index contributed by atoms with van der Waals surface area (Å²) in [5.41, 5.74) is 0.255. The van der Waals surface area contributed by atoms with Crippen LogP contribution >= 0.6 is 0 Å². The first-order chi connectivity index (χ1) is 13.1. The van der Waals surface area contributed by atoms with Gasteiger partial charge in [-0.3, -0.25) is 14.5 Å². The number of hydrogen-bond donors (Lipinski definition) is 1. The van der Waals surface area contributed by atoms with E-state index in [0.717, 1.165) is 0 Å². The van der Waals surface area contributed by atoms with Crippen LogP contribution in [0, 0.1) is 11.2 Å². The van der Waals surface area contributed by atoms with E-state index in [0.29, 0.717) is 17.0 Å². The van der Waals surface area contributed by atoms with Gasteiger partial charge >= 0.3 is 0 Å². The Morgan fingerprint density at radius 2 is 1.64 bits per heavy atom. The molecule has 28 heavy (non-hydrogen) atoms. The van der Waals surface area contributed by atoms with Crippen LogP contribution in [0.3, 0.4) is 0 Å². The monoisotopic (exact) mass is 383 g/mol. The number of aliphatic hydroxyl groups is 1. The summed E-state index contributed by atoms with van der Waals surface area (Å²) < 4.78 is 18.6. The van der Waals surface area contributed by atoms with Crippen LogP contribution in [0.4, 0.5) is 10.1 Å². The first-order valence-electron chi connectivity index (χ1n) is 8.86. The van der Waals surface area contributed by atoms with Gasteiger partial charge in [0.1, 0.15) is 11.6 Å². The number of hydrogen-bond acceptors (Lipinski definition) is 4. The number of benzene rings is 2. The zero-order valence-electron chi connectivity index (χ0n) is 16.2. The normalized spacial score (nSPS) is 17.2. The summed E-state index contributed by atoms with van der Waals surface area (Å²) in [4.78, 5) is 27.3. The molecule has 2 aromatic carbocycles. The molecule has 1 aliphatic heterocycles. The van der Waals surface area contributed by atoms with Gasteiger partial charge in [-0.2, -0.15) is 0 Å². The number of aliphatic hydroxyl groups excluding tert-OH is 1. The van der Waals surface area contributed by atoms with Crippen molar-refractivity contribution in [3.63, 3.8) is 0 Å². The van der Waals surface area contributed by atoms with Gasteiger partial charge in [-0.1, -0.05) is 32.9 Å². The maximum atomic E-state index is 13.4. The highest BCUT2D eigenvalue weighted by atomic mass is 19.1. The van der Waals surface area contributed by atoms with Crippen molar-refractivity contribution in [2.24, 2.45) is 5.41 Å². The van der Waals surface area contributed by atoms with Crippen LogP contribution < -0.4 is 9.64 Å². The molecule has 3 rings (SSSR count). The van der Waals surface area contributed by atoms with Crippen molar-refractivity contribution < 1.29 is 23.8 Å². The molecule has 0 saturated heterocycles. The number of carbonyl (C=O) groups excluding carboxylic acids is 2. The van der Waals surface area contributed by atoms with Gasteiger partial charge in [0.05, 0.1) is 18.7 Å². The van der Waals surface area contributed by atoms with Crippen LogP contribution in [0.25, 0.3) is 0 Å². The molecule has 0 aliphatic carbocycles. The number of ketones is 1. The lowest BCUT2D eigenvalue weighted by molar-refractivity contribution is -0.123. The van der Waals surface area contributed by atoms with Crippen molar-refractivity contribution in [2.45, 2.75) is 26.8 Å². The number of ether oxygens (including phenoxy) is 1. The minimum atomic E-state index is -0.824. The predicted octanol–water partition coefficient (Wildman–Crippen LogP) is 4.35. The standard InChI is InChI=1S/C22H22FNO4/c1-22(2,3)20(26)17-18(13-5-11-16(28-4)12-6-13)24(21(27)19(17)25)15-9-7-14(23)8-10-15/h5-12,18,25H,1-4H3. The highest BCUT2D eigenvalue weighted by Crippen LogP contribution is 2.43. The van der Waals surface area contributed by atoms with Gasteiger partial charge in [0.15, 0.2) is 11.5 Å². The minimum absolute atomic E-state index is 0.0343. The second-order valence-corrected chi connectivity index (χ2v) is 7.67. The number of amides is 1. The third-order valence-corrected chi connectivity index (χ3v) is 4.67. The molecule has 0 aromatic heterocycles. The van der Waals surface area contributed by atoms with Crippen LogP contribution in [0.5, 0.6) is 5.75 Å². The highest BCUT2D eigenvalue weighted by Gasteiger charge is 2.46. The van der Waals surface area contributed by atoms with Gasteiger partial charge in [0.2, 0.25) is 0 Å². The number of halogens is 1. The summed E-state index contributed by atoms with van der Waals surface area (Å²) in [5.74, 6) is -1.42. The summed E-state index contributed by atoms with van der Waals surface area (Å²) in [6.45, 7) is 5.18. The molecule has 0 saturated carbocycles. The third kappa shape index (κ3) is 3.38. The van der Waals surface area contributed by atoms with E-state index in [1.165, 1.54) is 29.2 Å². The Morgan fingerprint density at radius 1 is 1.07 bits per heavy atom. The molecular formula is C22H22FNO4. The Hall–Kier alpha value is -3.15. The Morgan fingerprint density at radius 3 is 2.14 bits per heavy atom. The second kappa shape index (κ2) is 7.11. The molecule has 0 fully saturated rings. The summed E-state index contributed by atoms with van der Waals surface area (Å²) in [7, 11) is 1.54. The topological polar surface area (TPSA) is 66.8 Å². The second-order valence-electron chi connectivity index (χ2n) is 7.67. The molecule has 0 bridgehead atoms. The first-order valence-corrected chi connectivity index (χ1v) is 8.86. The summed E-state index contributed by atoms with van der Waals surface area (Å²) >= 11 is 0. The lowest BCUT2D eigenvalue weighted by atomic mass is 9.82. The Labute approximate surface area is 163 Å². The summed E-state index contributed by atoms with van der Waals surface area (Å²) in [6.07, 6.45) is 0. The maximum Gasteiger partial charge on any atom is 0.294 e. The Kier molecular flexibility index (Phi) is 4.98. The zero-order valence-corrected chi connectivity index (χ0v) is 16.2. The van der Waals surface area contributed by atoms with Crippen LogP contribution in [0.1, 0.15) is 32.4 Å². The summed E-state index contributed by atoms with van der Waals surface area (Å²) in [6, 6.07) is 11.4. The first kappa shape index (κ1) is 19.6. The molecule has 2 aromatic rings. The van der Waals surface area contributed by atoms with Crippen LogP contribution in [-0.4, -0.2) is 23.9 Å². The van der Waals surface area contributed by atoms with E-state index in [9.17, 15) is 19.1 Å². The molecule has 1 amide bonds. The van der Waals surface area contributed by atoms with E-state index in [-0.39, 0.29) is 11.4 Å². The SMILES string of the molecule is COc1ccc(C2C(C(=O)C(C)(C)C)=C(O)C(=O)N2c2ccc(F)cc2)cc1. The average molecular weight is 383 g/mol. The number of carbonyl (C=O) groups is 2. The van der Waals surface area contributed by atoms with Crippen LogP contribution in [-0.2, 0) is 9.59 Å². The molecule has 6 heteroatoms. The molecule has 1 aliphatic rings. The van der Waals surface area contributed by atoms with Gasteiger partial charge in [-0.25, -0.2) is 4.39 Å². The number of nitrogens with zero attached hydrogens (tertiary/aromatic N) is 1. The van der Waals surface area contributed by atoms with Gasteiger partial charge in [0.25, 0.3) is 5.91 Å². The van der Waals surface area contributed by atoms with Crippen molar-refractivity contribution >= 4 is 17.4 Å². The minimum Gasteiger partial charge on any atom is -0.503 e. The smallest absolute Gasteiger partial charge is 0.294 e. The largest absolute Gasteiger partial charge is 0.503 e. The van der Waals surface area contributed by atoms with Crippen molar-refractivity contribution in [2.75, 3.05) is 12.0 Å². The molecule has 0 radical (unpaired) electrons. The molecule has 1 atom stereocenters. The van der Waals surface area contributed by atoms with Crippen molar-refractivity contribution in [3.8, 4) is 5.75 Å². The average Bonchev–Trinajstić information content (AvgIpc) is 2.92. The molecular weight excluding hydrogens is 361 g/mol. The van der Waals surface area contributed by atoms with Gasteiger partial charge in [0, 0.05) is 11.1 Å². The van der Waals surface area contributed by atoms with Gasteiger partial charge in [-0.05, 0) is 42.0 Å². The van der Waals surface area contributed by atoms with E-state index in [4.69, 9.17) is 4.74 Å². The zero-order chi connectivity index (χ0) is 20.6. The quantitative estimate of drug-likeness (QED) is 0.852. The van der Waals surface area contributed by atoms with E-state index < -0.39 is 28.9 Å². The summed E-state index contributed by atoms with van der Waals surface area (Å²) in [5, 5.41) is 10.6. The van der Waals surface area contributed by atoms with Crippen LogP contribution in [0.15, 0.2) is 59.9 Å². The molecule has 5 nitrogen and oxygen atoms in total. The van der Waals surface area contributed by atoms with Crippen LogP contribution in [0.2, 0.25) is 0 Å². The fourth-order valence-electron chi connectivity index (χ4n) is 3.21. The van der Waals surface area contributed by atoms with E-state index in [2.05, 4.69) is 0 Å². The lowest BCUT2D eigenvalue weighted by Gasteiger charge is -2.29. The Bertz CT molecular complexity index is 940. The maximum absolute atomic E-state index is 13.4. The molecule has 1 N–H and O–H groups in total. The fraction of sp³-hybridized carbons (Fsp3) is 0.273. The molecule has 1 heterocycles. The van der Waals surface area contributed by atoms with E-state index >= 15 is 0 Å². The number of Topliss-reactive ketones (excluding diaryl/α,β-unsaturated/α-hetero) is 1. The van der Waals surface area contributed by atoms with E-state index in [1.54, 1.807) is 52.1 Å². The van der Waals surface area contributed by atoms with Gasteiger partial charge < -0.3 is 9.84 Å². The lowest BCUT2D eigenvalue weighted by Crippen LogP contribution is -2.32. The number of anilines is 1. The molecule has 0 spiro atoms. The van der Waals surface area contributed by atoms with Crippen molar-refractivity contribution in [1.29, 1.82) is 0 Å². The Balaban J connectivity index is 2.18. The van der Waals surface area contributed by atoms with Gasteiger partial charge in [-0.15, -0.1) is 0 Å². The number of rotatable bonds is 4. The molecule has 146 valence electrons. The van der Waals surface area contributed by atoms with Crippen molar-refractivity contribution in [1.82, 2.24) is 0 Å². The predicted molar refractivity (Wildman–Crippen MR) is 104 cm³/mol. The van der Waals surface area contributed by atoms with E-state index in [1.807, 2.05) is 0 Å². The fourth-order valence-corrected chi connectivity index (χ4v) is 3.21. The number of methoxy groups -OCH3 is 1. The highest BCUT2D eigenvalue weighted by molar-refractivity contribution is 6.17. The molecule has 1 unspecified atom stereocenters. The third-order valence-electron chi connectivity index (χ3n) is 4.67.